The molecule has 2 aromatic rings. The van der Waals surface area contributed by atoms with E-state index in [4.69, 9.17) is 11.6 Å². The molecular formula is C17H25ClN4O. The maximum Gasteiger partial charge on any atom is 0.137 e. The lowest BCUT2D eigenvalue weighted by Crippen LogP contribution is -2.44. The van der Waals surface area contributed by atoms with Crippen molar-refractivity contribution < 1.29 is 5.11 Å². The predicted molar refractivity (Wildman–Crippen MR) is 92.9 cm³/mol. The van der Waals surface area contributed by atoms with Crippen molar-refractivity contribution in [1.29, 1.82) is 0 Å². The number of aliphatic hydroxyl groups is 1. The van der Waals surface area contributed by atoms with Gasteiger partial charge in [0.25, 0.3) is 0 Å². The van der Waals surface area contributed by atoms with Gasteiger partial charge in [0.1, 0.15) is 5.65 Å². The molecule has 2 aromatic heterocycles. The van der Waals surface area contributed by atoms with Crippen LogP contribution in [0.3, 0.4) is 0 Å². The summed E-state index contributed by atoms with van der Waals surface area (Å²) in [7, 11) is 0. The lowest BCUT2D eigenvalue weighted by molar-refractivity contribution is 0.0910. The fourth-order valence-electron chi connectivity index (χ4n) is 3.39. The Morgan fingerprint density at radius 1 is 1.39 bits per heavy atom. The van der Waals surface area contributed by atoms with Crippen molar-refractivity contribution in [2.75, 3.05) is 26.2 Å². The minimum Gasteiger partial charge on any atom is -0.395 e. The Morgan fingerprint density at radius 3 is 3.09 bits per heavy atom. The number of likely N-dealkylation sites (tertiary alicyclic amines) is 1. The second-order valence-corrected chi connectivity index (χ2v) is 6.70. The average molecular weight is 337 g/mol. The average Bonchev–Trinajstić information content (AvgIpc) is 2.87. The molecule has 0 aromatic carbocycles. The van der Waals surface area contributed by atoms with Gasteiger partial charge in [0.2, 0.25) is 0 Å². The highest BCUT2D eigenvalue weighted by atomic mass is 35.5. The van der Waals surface area contributed by atoms with Gasteiger partial charge in [-0.15, -0.1) is 0 Å². The smallest absolute Gasteiger partial charge is 0.137 e. The normalized spacial score (nSPS) is 19.5. The van der Waals surface area contributed by atoms with Gasteiger partial charge in [0.15, 0.2) is 0 Å². The van der Waals surface area contributed by atoms with E-state index in [0.29, 0.717) is 6.04 Å². The molecule has 126 valence electrons. The molecule has 0 aliphatic carbocycles. The molecule has 1 unspecified atom stereocenters. The summed E-state index contributed by atoms with van der Waals surface area (Å²) in [5.41, 5.74) is 3.12. The van der Waals surface area contributed by atoms with Crippen molar-refractivity contribution in [2.45, 2.75) is 38.8 Å². The largest absolute Gasteiger partial charge is 0.395 e. The summed E-state index contributed by atoms with van der Waals surface area (Å²) in [6.07, 6.45) is 5.50. The molecule has 6 heteroatoms. The number of aromatic nitrogens is 2. The lowest BCUT2D eigenvalue weighted by Gasteiger charge is -2.34. The molecule has 0 bridgehead atoms. The quantitative estimate of drug-likeness (QED) is 0.794. The fraction of sp³-hybridized carbons (Fsp3) is 0.588. The van der Waals surface area contributed by atoms with Crippen LogP contribution in [0.5, 0.6) is 0 Å². The van der Waals surface area contributed by atoms with Crippen LogP contribution in [0.4, 0.5) is 0 Å². The highest BCUT2D eigenvalue weighted by Gasteiger charge is 2.20. The first-order valence-corrected chi connectivity index (χ1v) is 8.75. The van der Waals surface area contributed by atoms with Crippen molar-refractivity contribution in [1.82, 2.24) is 19.6 Å². The zero-order chi connectivity index (χ0) is 16.2. The zero-order valence-electron chi connectivity index (χ0n) is 13.6. The second-order valence-electron chi connectivity index (χ2n) is 6.26. The Hall–Kier alpha value is -1.14. The molecule has 0 saturated carbocycles. The van der Waals surface area contributed by atoms with Gasteiger partial charge in [0.05, 0.1) is 23.0 Å². The maximum atomic E-state index is 9.46. The molecule has 23 heavy (non-hydrogen) atoms. The Labute approximate surface area is 142 Å². The zero-order valence-corrected chi connectivity index (χ0v) is 14.4. The Bertz CT molecular complexity index is 657. The van der Waals surface area contributed by atoms with Gasteiger partial charge in [-0.2, -0.15) is 0 Å². The minimum atomic E-state index is 0.269. The van der Waals surface area contributed by atoms with Crippen LogP contribution >= 0.6 is 11.6 Å². The SMILES string of the molecule is Cc1nc2ccc(Cl)cn2c1CNCCN1CCCCC1CO. The van der Waals surface area contributed by atoms with Gasteiger partial charge < -0.3 is 14.8 Å². The molecule has 1 fully saturated rings. The van der Waals surface area contributed by atoms with Crippen LogP contribution in [0.25, 0.3) is 5.65 Å². The number of aliphatic hydroxyl groups excluding tert-OH is 1. The van der Waals surface area contributed by atoms with Gasteiger partial charge >= 0.3 is 0 Å². The summed E-state index contributed by atoms with van der Waals surface area (Å²) in [5, 5.41) is 13.7. The molecule has 5 nitrogen and oxygen atoms in total. The van der Waals surface area contributed by atoms with Gasteiger partial charge in [-0.3, -0.25) is 4.90 Å². The summed E-state index contributed by atoms with van der Waals surface area (Å²) in [5.74, 6) is 0. The van der Waals surface area contributed by atoms with E-state index in [-0.39, 0.29) is 6.61 Å². The van der Waals surface area contributed by atoms with Crippen LogP contribution in [0.2, 0.25) is 5.02 Å². The van der Waals surface area contributed by atoms with Gasteiger partial charge in [-0.25, -0.2) is 4.98 Å². The van der Waals surface area contributed by atoms with E-state index in [9.17, 15) is 5.11 Å². The standard InChI is InChI=1S/C17H25ClN4O/c1-13-16(22-11-14(18)5-6-17(22)20-13)10-19-7-9-21-8-3-2-4-15(21)12-23/h5-6,11,15,19,23H,2-4,7-10,12H2,1H3. The van der Waals surface area contributed by atoms with E-state index < -0.39 is 0 Å². The van der Waals surface area contributed by atoms with Gasteiger partial charge in [-0.1, -0.05) is 18.0 Å². The van der Waals surface area contributed by atoms with Crippen LogP contribution in [-0.2, 0) is 6.54 Å². The number of piperidine rings is 1. The van der Waals surface area contributed by atoms with Crippen molar-refractivity contribution in [2.24, 2.45) is 0 Å². The number of halogens is 1. The molecule has 0 spiro atoms. The minimum absolute atomic E-state index is 0.269. The van der Waals surface area contributed by atoms with Crippen molar-refractivity contribution >= 4 is 17.2 Å². The number of fused-ring (bicyclic) bond motifs is 1. The Kier molecular flexibility index (Phi) is 5.54. The highest BCUT2D eigenvalue weighted by Crippen LogP contribution is 2.17. The molecule has 1 aliphatic heterocycles. The maximum absolute atomic E-state index is 9.46. The molecule has 0 radical (unpaired) electrons. The van der Waals surface area contributed by atoms with Crippen LogP contribution in [0.15, 0.2) is 18.3 Å². The summed E-state index contributed by atoms with van der Waals surface area (Å²) in [6, 6.07) is 4.14. The topological polar surface area (TPSA) is 52.8 Å². The molecule has 3 rings (SSSR count). The molecule has 1 aliphatic rings. The first-order chi connectivity index (χ1) is 11.2. The highest BCUT2D eigenvalue weighted by molar-refractivity contribution is 6.30. The van der Waals surface area contributed by atoms with E-state index in [2.05, 4.69) is 19.6 Å². The molecule has 2 N–H and O–H groups in total. The van der Waals surface area contributed by atoms with Crippen LogP contribution in [0, 0.1) is 6.92 Å². The van der Waals surface area contributed by atoms with Gasteiger partial charge in [-0.05, 0) is 38.4 Å². The van der Waals surface area contributed by atoms with Crippen molar-refractivity contribution in [3.63, 3.8) is 0 Å². The Balaban J connectivity index is 1.56. The van der Waals surface area contributed by atoms with E-state index in [1.807, 2.05) is 25.3 Å². The third-order valence-electron chi connectivity index (χ3n) is 4.71. The van der Waals surface area contributed by atoms with Gasteiger partial charge in [0, 0.05) is 31.9 Å². The first-order valence-electron chi connectivity index (χ1n) is 8.38. The van der Waals surface area contributed by atoms with E-state index in [1.54, 1.807) is 0 Å². The fourth-order valence-corrected chi connectivity index (χ4v) is 3.55. The number of imidazole rings is 1. The lowest BCUT2D eigenvalue weighted by atomic mass is 10.0. The Morgan fingerprint density at radius 2 is 2.26 bits per heavy atom. The van der Waals surface area contributed by atoms with Crippen molar-refractivity contribution in [3.8, 4) is 0 Å². The molecule has 0 amide bonds. The summed E-state index contributed by atoms with van der Waals surface area (Å²) in [4.78, 5) is 6.97. The molecule has 1 atom stereocenters. The number of hydrogen-bond donors (Lipinski definition) is 2. The first kappa shape index (κ1) is 16.7. The summed E-state index contributed by atoms with van der Waals surface area (Å²) >= 11 is 6.10. The van der Waals surface area contributed by atoms with E-state index in [1.165, 1.54) is 12.8 Å². The predicted octanol–water partition coefficient (Wildman–Crippen LogP) is 2.23. The number of aryl methyl sites for hydroxylation is 1. The third kappa shape index (κ3) is 3.86. The monoisotopic (exact) mass is 336 g/mol. The second kappa shape index (κ2) is 7.62. The molecule has 1 saturated heterocycles. The summed E-state index contributed by atoms with van der Waals surface area (Å²) < 4.78 is 2.06. The number of nitrogens with zero attached hydrogens (tertiary/aromatic N) is 3. The number of hydrogen-bond acceptors (Lipinski definition) is 4. The summed E-state index contributed by atoms with van der Waals surface area (Å²) in [6.45, 7) is 6.04. The third-order valence-corrected chi connectivity index (χ3v) is 4.93. The number of nitrogens with one attached hydrogen (secondary N) is 1. The number of pyridine rings is 1. The van der Waals surface area contributed by atoms with Crippen LogP contribution in [-0.4, -0.2) is 51.7 Å². The van der Waals surface area contributed by atoms with E-state index >= 15 is 0 Å². The van der Waals surface area contributed by atoms with Crippen molar-refractivity contribution in [3.05, 3.63) is 34.7 Å². The van der Waals surface area contributed by atoms with Crippen LogP contribution in [0.1, 0.15) is 30.7 Å². The van der Waals surface area contributed by atoms with Crippen LogP contribution < -0.4 is 5.32 Å². The van der Waals surface area contributed by atoms with E-state index in [0.717, 1.165) is 54.7 Å². The molecular weight excluding hydrogens is 312 g/mol. The number of rotatable bonds is 6. The molecule has 3 heterocycles.